The molecule has 0 saturated heterocycles. The van der Waals surface area contributed by atoms with E-state index in [4.69, 9.17) is 4.74 Å². The molecule has 1 rings (SSSR count). The van der Waals surface area contributed by atoms with Crippen molar-refractivity contribution >= 4 is 5.69 Å². The van der Waals surface area contributed by atoms with Crippen LogP contribution in [-0.2, 0) is 0 Å². The molecule has 4 nitrogen and oxygen atoms in total. The molecule has 0 aliphatic carbocycles. The Kier molecular flexibility index (Phi) is 3.18. The molecule has 0 aromatic heterocycles. The van der Waals surface area contributed by atoms with Crippen molar-refractivity contribution in [1.82, 2.24) is 0 Å². The van der Waals surface area contributed by atoms with Crippen molar-refractivity contribution in [3.63, 3.8) is 0 Å². The van der Waals surface area contributed by atoms with Gasteiger partial charge < -0.3 is 4.74 Å². The first-order valence-electron chi connectivity index (χ1n) is 4.22. The van der Waals surface area contributed by atoms with Crippen molar-refractivity contribution < 1.29 is 18.4 Å². The second-order valence-corrected chi connectivity index (χ2v) is 3.13. The summed E-state index contributed by atoms with van der Waals surface area (Å²) in [6.07, 6.45) is -0.472. The second-order valence-electron chi connectivity index (χ2n) is 3.13. The van der Waals surface area contributed by atoms with Gasteiger partial charge in [0.15, 0.2) is 5.82 Å². The molecular formula is C9H9F2NO3. The molecule has 15 heavy (non-hydrogen) atoms. The molecule has 0 bridgehead atoms. The highest BCUT2D eigenvalue weighted by molar-refractivity contribution is 5.47. The molecule has 1 aromatic rings. The van der Waals surface area contributed by atoms with Gasteiger partial charge in [-0.3, -0.25) is 10.1 Å². The SMILES string of the molecule is CC(C)Oc1c([N+](=O)[O-])ccc(F)c1F. The van der Waals surface area contributed by atoms with E-state index < -0.39 is 34.1 Å². The summed E-state index contributed by atoms with van der Waals surface area (Å²) in [6.45, 7) is 3.13. The zero-order chi connectivity index (χ0) is 11.6. The molecule has 0 heterocycles. The molecule has 1 aromatic carbocycles. The van der Waals surface area contributed by atoms with E-state index in [0.29, 0.717) is 6.07 Å². The maximum atomic E-state index is 13.2. The molecule has 0 aliphatic heterocycles. The monoisotopic (exact) mass is 217 g/mol. The minimum absolute atomic E-state index is 0.472. The fourth-order valence-corrected chi connectivity index (χ4v) is 1.01. The number of nitrogens with zero attached hydrogens (tertiary/aromatic N) is 1. The van der Waals surface area contributed by atoms with Crippen molar-refractivity contribution in [2.24, 2.45) is 0 Å². The summed E-state index contributed by atoms with van der Waals surface area (Å²) in [5.74, 6) is -3.16. The number of rotatable bonds is 3. The first-order valence-corrected chi connectivity index (χ1v) is 4.22. The van der Waals surface area contributed by atoms with Gasteiger partial charge in [-0.2, -0.15) is 4.39 Å². The molecule has 0 N–H and O–H groups in total. The summed E-state index contributed by atoms with van der Waals surface area (Å²) in [4.78, 5) is 9.68. The molecule has 0 spiro atoms. The van der Waals surface area contributed by atoms with E-state index >= 15 is 0 Å². The largest absolute Gasteiger partial charge is 0.482 e. The van der Waals surface area contributed by atoms with E-state index in [9.17, 15) is 18.9 Å². The van der Waals surface area contributed by atoms with Gasteiger partial charge in [0.1, 0.15) is 0 Å². The summed E-state index contributed by atoms with van der Waals surface area (Å²) in [7, 11) is 0. The van der Waals surface area contributed by atoms with Crippen LogP contribution in [0.15, 0.2) is 12.1 Å². The zero-order valence-electron chi connectivity index (χ0n) is 8.16. The summed E-state index contributed by atoms with van der Waals surface area (Å²) >= 11 is 0. The normalized spacial score (nSPS) is 10.5. The zero-order valence-corrected chi connectivity index (χ0v) is 8.16. The van der Waals surface area contributed by atoms with Crippen LogP contribution in [0.2, 0.25) is 0 Å². The van der Waals surface area contributed by atoms with E-state index in [1.54, 1.807) is 13.8 Å². The minimum atomic E-state index is -1.34. The van der Waals surface area contributed by atoms with Crippen LogP contribution in [-0.4, -0.2) is 11.0 Å². The topological polar surface area (TPSA) is 52.4 Å². The van der Waals surface area contributed by atoms with Crippen LogP contribution in [0, 0.1) is 21.7 Å². The summed E-state index contributed by atoms with van der Waals surface area (Å²) in [5.41, 5.74) is -0.581. The van der Waals surface area contributed by atoms with Gasteiger partial charge in [0, 0.05) is 6.07 Å². The maximum absolute atomic E-state index is 13.2. The number of hydrogen-bond acceptors (Lipinski definition) is 3. The van der Waals surface area contributed by atoms with Gasteiger partial charge in [-0.15, -0.1) is 0 Å². The van der Waals surface area contributed by atoms with Crippen LogP contribution in [0.4, 0.5) is 14.5 Å². The van der Waals surface area contributed by atoms with Crippen molar-refractivity contribution in [3.8, 4) is 5.75 Å². The van der Waals surface area contributed by atoms with Gasteiger partial charge in [-0.1, -0.05) is 0 Å². The van der Waals surface area contributed by atoms with Crippen molar-refractivity contribution in [1.29, 1.82) is 0 Å². The maximum Gasteiger partial charge on any atom is 0.314 e. The fraction of sp³-hybridized carbons (Fsp3) is 0.333. The summed E-state index contributed by atoms with van der Waals surface area (Å²) < 4.78 is 30.8. The van der Waals surface area contributed by atoms with E-state index in [1.807, 2.05) is 0 Å². The third-order valence-electron chi connectivity index (χ3n) is 1.58. The van der Waals surface area contributed by atoms with Crippen molar-refractivity contribution in [2.75, 3.05) is 0 Å². The smallest absolute Gasteiger partial charge is 0.314 e. The second kappa shape index (κ2) is 4.20. The van der Waals surface area contributed by atoms with Gasteiger partial charge in [-0.25, -0.2) is 4.39 Å². The van der Waals surface area contributed by atoms with Crippen LogP contribution in [0.1, 0.15) is 13.8 Å². The number of halogens is 2. The molecule has 0 fully saturated rings. The van der Waals surface area contributed by atoms with E-state index in [-0.39, 0.29) is 0 Å². The van der Waals surface area contributed by atoms with Crippen LogP contribution in [0.3, 0.4) is 0 Å². The molecule has 0 atom stereocenters. The molecule has 6 heteroatoms. The van der Waals surface area contributed by atoms with Crippen LogP contribution in [0.25, 0.3) is 0 Å². The van der Waals surface area contributed by atoms with Crippen LogP contribution in [0.5, 0.6) is 5.75 Å². The number of nitro groups is 1. The van der Waals surface area contributed by atoms with Gasteiger partial charge in [0.05, 0.1) is 11.0 Å². The lowest BCUT2D eigenvalue weighted by molar-refractivity contribution is -0.386. The average molecular weight is 217 g/mol. The van der Waals surface area contributed by atoms with Crippen molar-refractivity contribution in [3.05, 3.63) is 33.9 Å². The highest BCUT2D eigenvalue weighted by atomic mass is 19.2. The molecule has 0 unspecified atom stereocenters. The summed E-state index contributed by atoms with van der Waals surface area (Å²) in [5, 5.41) is 10.5. The van der Waals surface area contributed by atoms with Crippen molar-refractivity contribution in [2.45, 2.75) is 20.0 Å². The molecule has 0 amide bonds. The number of nitro benzene ring substituents is 1. The summed E-state index contributed by atoms with van der Waals surface area (Å²) in [6, 6.07) is 1.57. The minimum Gasteiger partial charge on any atom is -0.482 e. The Bertz CT molecular complexity index is 393. The Morgan fingerprint density at radius 1 is 1.40 bits per heavy atom. The van der Waals surface area contributed by atoms with Gasteiger partial charge >= 0.3 is 5.69 Å². The Hall–Kier alpha value is -1.72. The predicted octanol–water partition coefficient (Wildman–Crippen LogP) is 2.66. The first-order chi connectivity index (χ1) is 6.93. The van der Waals surface area contributed by atoms with Gasteiger partial charge in [0.25, 0.3) is 0 Å². The predicted molar refractivity (Wildman–Crippen MR) is 48.8 cm³/mol. The molecule has 82 valence electrons. The highest BCUT2D eigenvalue weighted by Gasteiger charge is 2.23. The lowest BCUT2D eigenvalue weighted by atomic mass is 10.2. The third kappa shape index (κ3) is 2.39. The lowest BCUT2D eigenvalue weighted by Crippen LogP contribution is -2.09. The van der Waals surface area contributed by atoms with Crippen LogP contribution >= 0.6 is 0 Å². The van der Waals surface area contributed by atoms with Gasteiger partial charge in [0.2, 0.25) is 11.6 Å². The molecular weight excluding hydrogens is 208 g/mol. The molecule has 0 aliphatic rings. The van der Waals surface area contributed by atoms with E-state index in [1.165, 1.54) is 0 Å². The van der Waals surface area contributed by atoms with E-state index in [0.717, 1.165) is 6.07 Å². The van der Waals surface area contributed by atoms with E-state index in [2.05, 4.69) is 0 Å². The fourth-order valence-electron chi connectivity index (χ4n) is 1.01. The molecule has 0 saturated carbocycles. The number of hydrogen-bond donors (Lipinski definition) is 0. The molecule has 0 radical (unpaired) electrons. The number of ether oxygens (including phenoxy) is 1. The number of benzene rings is 1. The Balaban J connectivity index is 3.28. The Morgan fingerprint density at radius 3 is 2.47 bits per heavy atom. The third-order valence-corrected chi connectivity index (χ3v) is 1.58. The Labute approximate surface area is 84.6 Å². The van der Waals surface area contributed by atoms with Crippen LogP contribution < -0.4 is 4.74 Å². The van der Waals surface area contributed by atoms with Gasteiger partial charge in [-0.05, 0) is 19.9 Å². The lowest BCUT2D eigenvalue weighted by Gasteiger charge is -2.10. The Morgan fingerprint density at radius 2 is 2.00 bits per heavy atom. The first kappa shape index (κ1) is 11.4. The quantitative estimate of drug-likeness (QED) is 0.577. The highest BCUT2D eigenvalue weighted by Crippen LogP contribution is 2.32. The average Bonchev–Trinajstić information content (AvgIpc) is 2.12. The standard InChI is InChI=1S/C9H9F2NO3/c1-5(2)15-9-7(12(13)14)4-3-6(10)8(9)11/h3-5H,1-2H3.